The number of pyridine rings is 1. The van der Waals surface area contributed by atoms with Gasteiger partial charge in [-0.1, -0.05) is 12.1 Å². The van der Waals surface area contributed by atoms with E-state index in [1.807, 2.05) is 43.6 Å². The summed E-state index contributed by atoms with van der Waals surface area (Å²) in [6.07, 6.45) is 9.12. The van der Waals surface area contributed by atoms with E-state index < -0.39 is 0 Å². The fourth-order valence-electron chi connectivity index (χ4n) is 4.13. The molecule has 9 heteroatoms. The fraction of sp³-hybridized carbons (Fsp3) is 0.200. The molecule has 0 spiro atoms. The summed E-state index contributed by atoms with van der Waals surface area (Å²) in [4.78, 5) is 31.8. The molecule has 0 saturated carbocycles. The minimum Gasteiger partial charge on any atom is -0.472 e. The van der Waals surface area contributed by atoms with E-state index in [1.165, 1.54) is 0 Å². The second kappa shape index (κ2) is 8.86. The highest BCUT2D eigenvalue weighted by Gasteiger charge is 2.29. The van der Waals surface area contributed by atoms with E-state index in [0.29, 0.717) is 30.6 Å². The van der Waals surface area contributed by atoms with Crippen molar-refractivity contribution < 1.29 is 14.0 Å². The first-order valence-corrected chi connectivity index (χ1v) is 11.0. The molecular formula is C25H24N6O3. The monoisotopic (exact) mass is 456 g/mol. The van der Waals surface area contributed by atoms with Crippen LogP contribution in [-0.4, -0.2) is 50.6 Å². The lowest BCUT2D eigenvalue weighted by molar-refractivity contribution is 0.0783. The Kier molecular flexibility index (Phi) is 5.59. The Morgan fingerprint density at radius 1 is 1.09 bits per heavy atom. The van der Waals surface area contributed by atoms with Gasteiger partial charge in [0, 0.05) is 60.8 Å². The summed E-state index contributed by atoms with van der Waals surface area (Å²) in [6.45, 7) is 1.00. The predicted molar refractivity (Wildman–Crippen MR) is 127 cm³/mol. The molecule has 34 heavy (non-hydrogen) atoms. The molecule has 1 saturated heterocycles. The van der Waals surface area contributed by atoms with Crippen LogP contribution in [0.4, 0.5) is 5.82 Å². The molecule has 1 fully saturated rings. The molecule has 4 aromatic rings. The normalized spacial score (nSPS) is 15.4. The lowest BCUT2D eigenvalue weighted by Crippen LogP contribution is -2.38. The van der Waals surface area contributed by atoms with Gasteiger partial charge in [0.05, 0.1) is 24.3 Å². The Bertz CT molecular complexity index is 1330. The van der Waals surface area contributed by atoms with Gasteiger partial charge in [0.1, 0.15) is 5.82 Å². The van der Waals surface area contributed by atoms with Gasteiger partial charge < -0.3 is 20.4 Å². The molecule has 3 aromatic heterocycles. The lowest BCUT2D eigenvalue weighted by Gasteiger charge is -2.18. The molecule has 1 aliphatic rings. The number of rotatable bonds is 5. The van der Waals surface area contributed by atoms with Gasteiger partial charge in [-0.25, -0.2) is 4.98 Å². The summed E-state index contributed by atoms with van der Waals surface area (Å²) in [5.74, 6) is -0.205. The highest BCUT2D eigenvalue weighted by Crippen LogP contribution is 2.23. The maximum Gasteiger partial charge on any atom is 0.255 e. The third kappa shape index (κ3) is 4.27. The van der Waals surface area contributed by atoms with Crippen LogP contribution in [0.15, 0.2) is 71.9 Å². The fourth-order valence-corrected chi connectivity index (χ4v) is 4.13. The van der Waals surface area contributed by atoms with Crippen LogP contribution >= 0.6 is 0 Å². The van der Waals surface area contributed by atoms with Gasteiger partial charge in [0.15, 0.2) is 0 Å². The maximum absolute atomic E-state index is 13.0. The van der Waals surface area contributed by atoms with Crippen LogP contribution in [0.2, 0.25) is 0 Å². The van der Waals surface area contributed by atoms with Crippen molar-refractivity contribution in [1.29, 1.82) is 0 Å². The number of carbonyl (C=O) groups excluding carboxylic acids is 2. The predicted octanol–water partition coefficient (Wildman–Crippen LogP) is 2.97. The summed E-state index contributed by atoms with van der Waals surface area (Å²) < 4.78 is 6.80. The van der Waals surface area contributed by atoms with Crippen molar-refractivity contribution in [2.45, 2.75) is 12.5 Å². The number of amides is 2. The van der Waals surface area contributed by atoms with Gasteiger partial charge in [-0.05, 0) is 36.2 Å². The van der Waals surface area contributed by atoms with Gasteiger partial charge in [-0.3, -0.25) is 14.3 Å². The smallest absolute Gasteiger partial charge is 0.255 e. The zero-order valence-corrected chi connectivity index (χ0v) is 18.6. The Hall–Kier alpha value is -4.40. The first-order valence-electron chi connectivity index (χ1n) is 11.0. The van der Waals surface area contributed by atoms with Crippen LogP contribution in [-0.2, 0) is 7.05 Å². The minimum atomic E-state index is -0.306. The minimum absolute atomic E-state index is 0.0600. The number of nitrogens with one attached hydrogen (secondary N) is 1. The molecule has 0 aliphatic carbocycles. The van der Waals surface area contributed by atoms with E-state index >= 15 is 0 Å². The Morgan fingerprint density at radius 3 is 2.62 bits per heavy atom. The average Bonchev–Trinajstić information content (AvgIpc) is 3.61. The highest BCUT2D eigenvalue weighted by molar-refractivity contribution is 6.00. The number of nitrogens with two attached hydrogens (primary N) is 1. The van der Waals surface area contributed by atoms with Crippen molar-refractivity contribution in [3.05, 3.63) is 78.6 Å². The van der Waals surface area contributed by atoms with Crippen molar-refractivity contribution in [2.75, 3.05) is 18.8 Å². The average molecular weight is 457 g/mol. The van der Waals surface area contributed by atoms with Crippen molar-refractivity contribution in [1.82, 2.24) is 25.0 Å². The van der Waals surface area contributed by atoms with E-state index in [2.05, 4.69) is 15.4 Å². The zero-order valence-electron chi connectivity index (χ0n) is 18.6. The number of furan rings is 1. The number of hydrogen-bond acceptors (Lipinski definition) is 6. The first kappa shape index (κ1) is 21.4. The number of benzene rings is 1. The van der Waals surface area contributed by atoms with Gasteiger partial charge >= 0.3 is 0 Å². The van der Waals surface area contributed by atoms with E-state index in [9.17, 15) is 9.59 Å². The molecule has 1 aromatic carbocycles. The van der Waals surface area contributed by atoms with Crippen LogP contribution in [0.5, 0.6) is 0 Å². The number of aromatic nitrogens is 3. The largest absolute Gasteiger partial charge is 0.472 e. The Morgan fingerprint density at radius 2 is 1.91 bits per heavy atom. The summed E-state index contributed by atoms with van der Waals surface area (Å²) in [7, 11) is 1.82. The van der Waals surface area contributed by atoms with E-state index in [-0.39, 0.29) is 23.7 Å². The van der Waals surface area contributed by atoms with Crippen LogP contribution in [0, 0.1) is 0 Å². The second-order valence-electron chi connectivity index (χ2n) is 8.36. The number of nitrogens with zero attached hydrogens (tertiary/aromatic N) is 4. The van der Waals surface area contributed by atoms with E-state index in [4.69, 9.17) is 10.2 Å². The Labute approximate surface area is 196 Å². The molecule has 5 rings (SSSR count). The van der Waals surface area contributed by atoms with Gasteiger partial charge in [0.25, 0.3) is 11.8 Å². The molecule has 9 nitrogen and oxygen atoms in total. The molecular weight excluding hydrogens is 432 g/mol. The van der Waals surface area contributed by atoms with Crippen LogP contribution in [0.1, 0.15) is 27.1 Å². The van der Waals surface area contributed by atoms with Gasteiger partial charge in [-0.2, -0.15) is 5.10 Å². The summed E-state index contributed by atoms with van der Waals surface area (Å²) in [5.41, 5.74) is 10.4. The SMILES string of the molecule is Cn1cc(-c2cnc(N)c(C(=O)N[C@@H]3CCN(C(=O)c4ccc(-c5ccoc5)cc4)C3)c2)cn1. The first-order chi connectivity index (χ1) is 16.5. The number of carbonyl (C=O) groups is 2. The molecule has 172 valence electrons. The highest BCUT2D eigenvalue weighted by atomic mass is 16.3. The number of hydrogen-bond donors (Lipinski definition) is 2. The van der Waals surface area contributed by atoms with Gasteiger partial charge in [-0.15, -0.1) is 0 Å². The number of nitrogen functional groups attached to an aromatic ring is 1. The van der Waals surface area contributed by atoms with E-state index in [1.54, 1.807) is 40.6 Å². The molecule has 3 N–H and O–H groups in total. The van der Waals surface area contributed by atoms with Crippen molar-refractivity contribution in [3.63, 3.8) is 0 Å². The quantitative estimate of drug-likeness (QED) is 0.477. The number of aryl methyl sites for hydroxylation is 1. The van der Waals surface area contributed by atoms with Crippen molar-refractivity contribution in [3.8, 4) is 22.3 Å². The van der Waals surface area contributed by atoms with E-state index in [0.717, 1.165) is 22.3 Å². The van der Waals surface area contributed by atoms with Crippen LogP contribution < -0.4 is 11.1 Å². The van der Waals surface area contributed by atoms with Crippen LogP contribution in [0.3, 0.4) is 0 Å². The summed E-state index contributed by atoms with van der Waals surface area (Å²) in [6, 6.07) is 10.9. The second-order valence-corrected chi connectivity index (χ2v) is 8.36. The molecule has 0 bridgehead atoms. The standard InChI is InChI=1S/C25H24N6O3/c1-30-13-20(12-28-30)19-10-22(23(26)27-11-19)24(32)29-21-6-8-31(14-21)25(33)17-4-2-16(3-5-17)18-7-9-34-15-18/h2-5,7,9-13,15,21H,6,8,14H2,1H3,(H2,26,27)(H,29,32)/t21-/m1/s1. The maximum atomic E-state index is 13.0. The third-order valence-corrected chi connectivity index (χ3v) is 6.00. The van der Waals surface area contributed by atoms with Crippen LogP contribution in [0.25, 0.3) is 22.3 Å². The lowest BCUT2D eigenvalue weighted by atomic mass is 10.1. The molecule has 1 aliphatic heterocycles. The zero-order chi connectivity index (χ0) is 23.7. The van der Waals surface area contributed by atoms with Crippen molar-refractivity contribution in [2.24, 2.45) is 7.05 Å². The summed E-state index contributed by atoms with van der Waals surface area (Å²) >= 11 is 0. The molecule has 1 atom stereocenters. The summed E-state index contributed by atoms with van der Waals surface area (Å²) in [5, 5.41) is 7.16. The Balaban J connectivity index is 1.23. The third-order valence-electron chi connectivity index (χ3n) is 6.00. The molecule has 4 heterocycles. The van der Waals surface area contributed by atoms with Gasteiger partial charge in [0.2, 0.25) is 0 Å². The molecule has 0 radical (unpaired) electrons. The molecule has 0 unspecified atom stereocenters. The number of likely N-dealkylation sites (tertiary alicyclic amines) is 1. The number of anilines is 1. The topological polar surface area (TPSA) is 119 Å². The van der Waals surface area contributed by atoms with Crippen molar-refractivity contribution >= 4 is 17.6 Å². The molecule has 2 amide bonds.